The van der Waals surface area contributed by atoms with Crippen LogP contribution in [0.2, 0.25) is 0 Å². The molecule has 0 saturated heterocycles. The second kappa shape index (κ2) is 14.0. The molecule has 0 aromatic heterocycles. The van der Waals surface area contributed by atoms with Gasteiger partial charge < -0.3 is 37.0 Å². The van der Waals surface area contributed by atoms with Crippen molar-refractivity contribution < 1.29 is 39.3 Å². The van der Waals surface area contributed by atoms with Crippen LogP contribution >= 0.6 is 0 Å². The van der Waals surface area contributed by atoms with E-state index in [4.69, 9.17) is 5.73 Å². The SMILES string of the molecule is CC(C)CC(N)C(=O)NC(CC(=O)O)C(=O)NC(C(=O)NC(Cc1ccc(O)cc1)C(=O)O)C(C)C. The summed E-state index contributed by atoms with van der Waals surface area (Å²) in [6.45, 7) is 6.94. The number of carboxylic acid groups (broad SMARTS) is 2. The van der Waals surface area contributed by atoms with E-state index in [-0.39, 0.29) is 18.1 Å². The van der Waals surface area contributed by atoms with Crippen LogP contribution in [0.4, 0.5) is 0 Å². The zero-order valence-electron chi connectivity index (χ0n) is 20.9. The monoisotopic (exact) mass is 508 g/mol. The Labute approximate surface area is 209 Å². The van der Waals surface area contributed by atoms with Crippen LogP contribution in [0, 0.1) is 11.8 Å². The Morgan fingerprint density at radius 1 is 0.833 bits per heavy atom. The van der Waals surface area contributed by atoms with Crippen molar-refractivity contribution >= 4 is 29.7 Å². The van der Waals surface area contributed by atoms with E-state index in [0.29, 0.717) is 12.0 Å². The summed E-state index contributed by atoms with van der Waals surface area (Å²) in [6.07, 6.45) is -0.496. The predicted octanol–water partition coefficient (Wildman–Crippen LogP) is -0.0222. The maximum atomic E-state index is 12.9. The zero-order chi connectivity index (χ0) is 27.6. The molecule has 12 nitrogen and oxygen atoms in total. The van der Waals surface area contributed by atoms with Gasteiger partial charge in [-0.3, -0.25) is 19.2 Å². The Bertz CT molecular complexity index is 933. The highest BCUT2D eigenvalue weighted by molar-refractivity contribution is 5.95. The predicted molar refractivity (Wildman–Crippen MR) is 130 cm³/mol. The van der Waals surface area contributed by atoms with Gasteiger partial charge in [-0.25, -0.2) is 4.79 Å². The van der Waals surface area contributed by atoms with E-state index in [1.54, 1.807) is 13.8 Å². The average molecular weight is 509 g/mol. The smallest absolute Gasteiger partial charge is 0.326 e. The summed E-state index contributed by atoms with van der Waals surface area (Å²) < 4.78 is 0. The molecule has 0 spiro atoms. The first-order valence-corrected chi connectivity index (χ1v) is 11.6. The molecule has 3 amide bonds. The summed E-state index contributed by atoms with van der Waals surface area (Å²) in [5.74, 6) is -5.46. The van der Waals surface area contributed by atoms with Crippen LogP contribution in [0.15, 0.2) is 24.3 Å². The highest BCUT2D eigenvalue weighted by atomic mass is 16.4. The molecule has 4 atom stereocenters. The second-order valence-electron chi connectivity index (χ2n) is 9.40. The van der Waals surface area contributed by atoms with Crippen molar-refractivity contribution in [2.24, 2.45) is 17.6 Å². The first kappa shape index (κ1) is 30.4. The Balaban J connectivity index is 2.97. The van der Waals surface area contributed by atoms with Crippen molar-refractivity contribution in [1.29, 1.82) is 0 Å². The van der Waals surface area contributed by atoms with Crippen LogP contribution < -0.4 is 21.7 Å². The molecule has 1 aromatic carbocycles. The lowest BCUT2D eigenvalue weighted by atomic mass is 10.00. The fourth-order valence-electron chi connectivity index (χ4n) is 3.40. The van der Waals surface area contributed by atoms with Gasteiger partial charge in [-0.1, -0.05) is 39.8 Å². The topological polar surface area (TPSA) is 208 Å². The summed E-state index contributed by atoms with van der Waals surface area (Å²) >= 11 is 0. The quantitative estimate of drug-likeness (QED) is 0.180. The minimum Gasteiger partial charge on any atom is -0.508 e. The van der Waals surface area contributed by atoms with Crippen molar-refractivity contribution in [3.05, 3.63) is 29.8 Å². The molecule has 0 bridgehead atoms. The Morgan fingerprint density at radius 3 is 1.86 bits per heavy atom. The number of rotatable bonds is 14. The maximum Gasteiger partial charge on any atom is 0.326 e. The molecule has 1 rings (SSSR count). The molecular weight excluding hydrogens is 472 g/mol. The first-order valence-electron chi connectivity index (χ1n) is 11.6. The van der Waals surface area contributed by atoms with Crippen LogP contribution in [0.5, 0.6) is 5.75 Å². The van der Waals surface area contributed by atoms with Crippen LogP contribution in [0.3, 0.4) is 0 Å². The Hall–Kier alpha value is -3.67. The molecule has 0 heterocycles. The number of phenolic OH excluding ortho intramolecular Hbond substituents is 1. The van der Waals surface area contributed by atoms with Crippen molar-refractivity contribution in [3.63, 3.8) is 0 Å². The van der Waals surface area contributed by atoms with Crippen LogP contribution in [-0.2, 0) is 30.4 Å². The number of carboxylic acids is 2. The number of aromatic hydroxyl groups is 1. The van der Waals surface area contributed by atoms with Gasteiger partial charge in [0.2, 0.25) is 17.7 Å². The van der Waals surface area contributed by atoms with E-state index in [0.717, 1.165) is 0 Å². The molecule has 200 valence electrons. The molecule has 36 heavy (non-hydrogen) atoms. The van der Waals surface area contributed by atoms with Crippen molar-refractivity contribution in [2.75, 3.05) is 0 Å². The largest absolute Gasteiger partial charge is 0.508 e. The van der Waals surface area contributed by atoms with E-state index in [2.05, 4.69) is 16.0 Å². The van der Waals surface area contributed by atoms with Gasteiger partial charge in [-0.15, -0.1) is 0 Å². The first-order chi connectivity index (χ1) is 16.7. The molecule has 1 aromatic rings. The van der Waals surface area contributed by atoms with Gasteiger partial charge in [0, 0.05) is 6.42 Å². The lowest BCUT2D eigenvalue weighted by Gasteiger charge is -2.27. The van der Waals surface area contributed by atoms with Crippen LogP contribution in [0.1, 0.15) is 46.1 Å². The lowest BCUT2D eigenvalue weighted by Crippen LogP contribution is -2.59. The van der Waals surface area contributed by atoms with E-state index >= 15 is 0 Å². The number of amides is 3. The summed E-state index contributed by atoms with van der Waals surface area (Å²) in [6, 6.07) is 0.823. The summed E-state index contributed by atoms with van der Waals surface area (Å²) in [4.78, 5) is 61.2. The van der Waals surface area contributed by atoms with Gasteiger partial charge in [0.15, 0.2) is 0 Å². The molecule has 0 saturated carbocycles. The molecule has 4 unspecified atom stereocenters. The van der Waals surface area contributed by atoms with Gasteiger partial charge >= 0.3 is 11.9 Å². The third-order valence-electron chi connectivity index (χ3n) is 5.31. The fourth-order valence-corrected chi connectivity index (χ4v) is 3.40. The Morgan fingerprint density at radius 2 is 1.39 bits per heavy atom. The molecule has 12 heteroatoms. The van der Waals surface area contributed by atoms with Crippen LogP contribution in [0.25, 0.3) is 0 Å². The number of carbonyl (C=O) groups excluding carboxylic acids is 3. The third-order valence-corrected chi connectivity index (χ3v) is 5.31. The number of benzene rings is 1. The van der Waals surface area contributed by atoms with Gasteiger partial charge in [0.1, 0.15) is 23.9 Å². The highest BCUT2D eigenvalue weighted by Crippen LogP contribution is 2.12. The normalized spacial score (nSPS) is 14.4. The van der Waals surface area contributed by atoms with E-state index < -0.39 is 66.2 Å². The lowest BCUT2D eigenvalue weighted by molar-refractivity contribution is -0.143. The Kier molecular flexibility index (Phi) is 11.8. The number of carbonyl (C=O) groups is 5. The standard InChI is InChI=1S/C24H36N4O8/c1-12(2)9-16(25)21(32)26-17(11-19(30)31)22(33)28-20(13(3)4)23(34)27-18(24(35)36)10-14-5-7-15(29)8-6-14/h5-8,12-13,16-18,20,29H,9-11,25H2,1-4H3,(H,26,32)(H,27,34)(H,28,33)(H,30,31)(H,35,36). The summed E-state index contributed by atoms with van der Waals surface area (Å²) in [5.41, 5.74) is 6.37. The number of nitrogens with two attached hydrogens (primary N) is 1. The third kappa shape index (κ3) is 10.3. The second-order valence-corrected chi connectivity index (χ2v) is 9.40. The number of hydrogen-bond donors (Lipinski definition) is 7. The number of phenols is 1. The molecule has 0 aliphatic heterocycles. The van der Waals surface area contributed by atoms with Gasteiger partial charge in [-0.2, -0.15) is 0 Å². The van der Waals surface area contributed by atoms with Gasteiger partial charge in [0.25, 0.3) is 0 Å². The van der Waals surface area contributed by atoms with E-state index in [1.807, 2.05) is 13.8 Å². The summed E-state index contributed by atoms with van der Waals surface area (Å²) in [5, 5.41) is 35.3. The number of aliphatic carboxylic acids is 2. The van der Waals surface area contributed by atoms with Gasteiger partial charge in [0.05, 0.1) is 12.5 Å². The van der Waals surface area contributed by atoms with Crippen LogP contribution in [-0.4, -0.2) is 69.1 Å². The minimum atomic E-state index is -1.49. The number of nitrogens with one attached hydrogen (secondary N) is 3. The van der Waals surface area contributed by atoms with Crippen molar-refractivity contribution in [2.45, 2.75) is 71.1 Å². The van der Waals surface area contributed by atoms with E-state index in [1.165, 1.54) is 24.3 Å². The zero-order valence-corrected chi connectivity index (χ0v) is 20.9. The summed E-state index contributed by atoms with van der Waals surface area (Å²) in [7, 11) is 0. The van der Waals surface area contributed by atoms with Gasteiger partial charge in [-0.05, 0) is 36.0 Å². The highest BCUT2D eigenvalue weighted by Gasteiger charge is 2.33. The average Bonchev–Trinajstić information content (AvgIpc) is 2.76. The van der Waals surface area contributed by atoms with Crippen molar-refractivity contribution in [3.8, 4) is 5.75 Å². The molecule has 8 N–H and O–H groups in total. The molecule has 0 fully saturated rings. The molecule has 0 radical (unpaired) electrons. The molecule has 0 aliphatic carbocycles. The molecular formula is C24H36N4O8. The minimum absolute atomic E-state index is 0.00501. The fraction of sp³-hybridized carbons (Fsp3) is 0.542. The maximum absolute atomic E-state index is 12.9. The van der Waals surface area contributed by atoms with E-state index in [9.17, 15) is 39.3 Å². The van der Waals surface area contributed by atoms with Crippen molar-refractivity contribution in [1.82, 2.24) is 16.0 Å². The molecule has 0 aliphatic rings. The number of hydrogen-bond acceptors (Lipinski definition) is 7.